The Morgan fingerprint density at radius 3 is 2.63 bits per heavy atom. The summed E-state index contributed by atoms with van der Waals surface area (Å²) >= 11 is 3.53. The highest BCUT2D eigenvalue weighted by molar-refractivity contribution is 9.10. The third kappa shape index (κ3) is 4.80. The number of ether oxygens (including phenoxy) is 2. The Bertz CT molecular complexity index is 443. The molecule has 1 aromatic carbocycles. The van der Waals surface area contributed by atoms with Gasteiger partial charge in [-0.1, -0.05) is 53.2 Å². The molecule has 0 saturated heterocycles. The second-order valence-corrected chi connectivity index (χ2v) is 5.10. The van der Waals surface area contributed by atoms with E-state index in [1.807, 2.05) is 36.4 Å². The summed E-state index contributed by atoms with van der Waals surface area (Å²) in [5, 5.41) is 0. The maximum absolute atomic E-state index is 11.0. The van der Waals surface area contributed by atoms with Gasteiger partial charge in [-0.2, -0.15) is 0 Å². The van der Waals surface area contributed by atoms with Crippen molar-refractivity contribution >= 4 is 21.9 Å². The van der Waals surface area contributed by atoms with E-state index in [1.165, 1.54) is 7.11 Å². The predicted octanol–water partition coefficient (Wildman–Crippen LogP) is 3.89. The fourth-order valence-electron chi connectivity index (χ4n) is 1.89. The summed E-state index contributed by atoms with van der Waals surface area (Å²) in [6.07, 6.45) is 4.03. The maximum atomic E-state index is 11.0. The van der Waals surface area contributed by atoms with Gasteiger partial charge in [-0.15, -0.1) is 0 Å². The first kappa shape index (κ1) is 15.9. The van der Waals surface area contributed by atoms with E-state index in [0.29, 0.717) is 0 Å². The van der Waals surface area contributed by atoms with E-state index in [0.717, 1.165) is 10.0 Å². The molecule has 19 heavy (non-hydrogen) atoms. The van der Waals surface area contributed by atoms with Crippen molar-refractivity contribution in [3.63, 3.8) is 0 Å². The Balaban J connectivity index is 2.75. The number of esters is 1. The summed E-state index contributed by atoms with van der Waals surface area (Å²) in [5.41, 5.74) is 1.10. The van der Waals surface area contributed by atoms with Gasteiger partial charge in [-0.3, -0.25) is 4.79 Å². The van der Waals surface area contributed by atoms with Gasteiger partial charge in [0.25, 0.3) is 0 Å². The number of carbonyl (C=O) groups excluding carboxylic acids is 1. The largest absolute Gasteiger partial charge is 0.469 e. The minimum Gasteiger partial charge on any atom is -0.469 e. The van der Waals surface area contributed by atoms with E-state index < -0.39 is 0 Å². The SMILES string of the molecule is COC(=O)C/C=C/C(C)C(OC)c1ccccc1Br. The lowest BCUT2D eigenvalue weighted by Gasteiger charge is -2.21. The average molecular weight is 327 g/mol. The predicted molar refractivity (Wildman–Crippen MR) is 78.8 cm³/mol. The van der Waals surface area contributed by atoms with Crippen LogP contribution in [-0.4, -0.2) is 20.2 Å². The summed E-state index contributed by atoms with van der Waals surface area (Å²) < 4.78 is 11.2. The smallest absolute Gasteiger partial charge is 0.309 e. The first-order valence-electron chi connectivity index (χ1n) is 6.10. The zero-order chi connectivity index (χ0) is 14.3. The van der Waals surface area contributed by atoms with Crippen LogP contribution in [0, 0.1) is 5.92 Å². The highest BCUT2D eigenvalue weighted by Gasteiger charge is 2.18. The molecule has 0 aromatic heterocycles. The first-order valence-corrected chi connectivity index (χ1v) is 6.90. The zero-order valence-electron chi connectivity index (χ0n) is 11.4. The summed E-state index contributed by atoms with van der Waals surface area (Å²) in [5.74, 6) is -0.0772. The van der Waals surface area contributed by atoms with Gasteiger partial charge in [-0.25, -0.2) is 0 Å². The van der Waals surface area contributed by atoms with E-state index in [-0.39, 0.29) is 24.4 Å². The Labute approximate surface area is 122 Å². The van der Waals surface area contributed by atoms with Crippen molar-refractivity contribution in [2.45, 2.75) is 19.4 Å². The van der Waals surface area contributed by atoms with Crippen LogP contribution in [0.1, 0.15) is 25.0 Å². The molecule has 0 radical (unpaired) electrons. The van der Waals surface area contributed by atoms with Crippen LogP contribution in [0.5, 0.6) is 0 Å². The molecule has 2 unspecified atom stereocenters. The molecular weight excluding hydrogens is 308 g/mol. The number of benzene rings is 1. The van der Waals surface area contributed by atoms with Gasteiger partial charge in [0.05, 0.1) is 19.6 Å². The highest BCUT2D eigenvalue weighted by Crippen LogP contribution is 2.31. The van der Waals surface area contributed by atoms with Gasteiger partial charge < -0.3 is 9.47 Å². The molecule has 0 amide bonds. The number of rotatable bonds is 6. The summed E-state index contributed by atoms with van der Waals surface area (Å²) in [6.45, 7) is 2.06. The number of halogens is 1. The molecule has 0 fully saturated rings. The lowest BCUT2D eigenvalue weighted by molar-refractivity contribution is -0.139. The number of methoxy groups -OCH3 is 2. The Morgan fingerprint density at radius 1 is 1.37 bits per heavy atom. The van der Waals surface area contributed by atoms with Gasteiger partial charge in [0.2, 0.25) is 0 Å². The molecule has 4 heteroatoms. The van der Waals surface area contributed by atoms with Crippen LogP contribution < -0.4 is 0 Å². The van der Waals surface area contributed by atoms with Crippen LogP contribution in [0.25, 0.3) is 0 Å². The van der Waals surface area contributed by atoms with E-state index in [1.54, 1.807) is 7.11 Å². The molecular formula is C15H19BrO3. The number of hydrogen-bond donors (Lipinski definition) is 0. The first-order chi connectivity index (χ1) is 9.10. The zero-order valence-corrected chi connectivity index (χ0v) is 13.0. The number of hydrogen-bond acceptors (Lipinski definition) is 3. The minimum atomic E-state index is -0.238. The third-order valence-corrected chi connectivity index (χ3v) is 3.62. The van der Waals surface area contributed by atoms with Crippen LogP contribution >= 0.6 is 15.9 Å². The van der Waals surface area contributed by atoms with Crippen LogP contribution in [0.3, 0.4) is 0 Å². The molecule has 0 saturated carbocycles. The molecule has 0 N–H and O–H groups in total. The minimum absolute atomic E-state index is 0.0514. The molecule has 0 aliphatic carbocycles. The summed E-state index contributed by atoms with van der Waals surface area (Å²) in [6, 6.07) is 7.98. The molecule has 1 aromatic rings. The van der Waals surface area contributed by atoms with Crippen molar-refractivity contribution in [2.24, 2.45) is 5.92 Å². The van der Waals surface area contributed by atoms with E-state index in [4.69, 9.17) is 4.74 Å². The number of carbonyl (C=O) groups is 1. The van der Waals surface area contributed by atoms with Crippen LogP contribution in [0.15, 0.2) is 40.9 Å². The molecule has 0 aliphatic heterocycles. The molecule has 0 spiro atoms. The van der Waals surface area contributed by atoms with Crippen molar-refractivity contribution in [3.05, 3.63) is 46.5 Å². The second kappa shape index (κ2) is 8.12. The third-order valence-electron chi connectivity index (χ3n) is 2.90. The molecule has 3 nitrogen and oxygen atoms in total. The van der Waals surface area contributed by atoms with Crippen LogP contribution in [0.4, 0.5) is 0 Å². The van der Waals surface area contributed by atoms with E-state index in [9.17, 15) is 4.79 Å². The summed E-state index contributed by atoms with van der Waals surface area (Å²) in [7, 11) is 3.08. The maximum Gasteiger partial charge on any atom is 0.309 e. The fraction of sp³-hybridized carbons (Fsp3) is 0.400. The Kier molecular flexibility index (Phi) is 6.81. The monoisotopic (exact) mass is 326 g/mol. The van der Waals surface area contributed by atoms with Crippen molar-refractivity contribution in [3.8, 4) is 0 Å². The normalized spacial score (nSPS) is 14.3. The van der Waals surface area contributed by atoms with E-state index in [2.05, 4.69) is 27.6 Å². The van der Waals surface area contributed by atoms with Crippen molar-refractivity contribution < 1.29 is 14.3 Å². The van der Waals surface area contributed by atoms with Crippen LogP contribution in [0.2, 0.25) is 0 Å². The van der Waals surface area contributed by atoms with Gasteiger partial charge in [0, 0.05) is 17.5 Å². The topological polar surface area (TPSA) is 35.5 Å². The lowest BCUT2D eigenvalue weighted by Crippen LogP contribution is -2.11. The van der Waals surface area contributed by atoms with Crippen LogP contribution in [-0.2, 0) is 14.3 Å². The Hall–Kier alpha value is -1.13. The van der Waals surface area contributed by atoms with Gasteiger partial charge in [-0.05, 0) is 11.6 Å². The summed E-state index contributed by atoms with van der Waals surface area (Å²) in [4.78, 5) is 11.0. The quantitative estimate of drug-likeness (QED) is 0.587. The molecule has 0 bridgehead atoms. The van der Waals surface area contributed by atoms with Gasteiger partial charge in [0.1, 0.15) is 0 Å². The second-order valence-electron chi connectivity index (χ2n) is 4.25. The van der Waals surface area contributed by atoms with Gasteiger partial charge >= 0.3 is 5.97 Å². The molecule has 0 aliphatic rings. The average Bonchev–Trinajstić information content (AvgIpc) is 2.41. The molecule has 0 heterocycles. The Morgan fingerprint density at radius 2 is 2.05 bits per heavy atom. The van der Waals surface area contributed by atoms with E-state index >= 15 is 0 Å². The molecule has 1 rings (SSSR count). The van der Waals surface area contributed by atoms with Crippen molar-refractivity contribution in [1.29, 1.82) is 0 Å². The standard InChI is InChI=1S/C15H19BrO3/c1-11(7-6-10-14(17)18-2)15(19-3)12-8-4-5-9-13(12)16/h4-9,11,15H,10H2,1-3H3/b7-6+. The van der Waals surface area contributed by atoms with Crippen molar-refractivity contribution in [2.75, 3.05) is 14.2 Å². The highest BCUT2D eigenvalue weighted by atomic mass is 79.9. The fourth-order valence-corrected chi connectivity index (χ4v) is 2.40. The molecule has 104 valence electrons. The molecule has 2 atom stereocenters. The van der Waals surface area contributed by atoms with Gasteiger partial charge in [0.15, 0.2) is 0 Å². The van der Waals surface area contributed by atoms with Crippen molar-refractivity contribution in [1.82, 2.24) is 0 Å². The lowest BCUT2D eigenvalue weighted by atomic mass is 9.96.